The van der Waals surface area contributed by atoms with Crippen LogP contribution in [0.25, 0.3) is 0 Å². The lowest BCUT2D eigenvalue weighted by Crippen LogP contribution is -2.21. The number of halogens is 3. The molecule has 0 fully saturated rings. The quantitative estimate of drug-likeness (QED) is 0.852. The van der Waals surface area contributed by atoms with Gasteiger partial charge in [0.15, 0.2) is 17.5 Å². The highest BCUT2D eigenvalue weighted by Crippen LogP contribution is 2.24. The predicted molar refractivity (Wildman–Crippen MR) is 60.4 cm³/mol. The van der Waals surface area contributed by atoms with E-state index in [0.29, 0.717) is 5.56 Å². The van der Waals surface area contributed by atoms with Crippen molar-refractivity contribution in [1.29, 1.82) is 0 Å². The van der Waals surface area contributed by atoms with Gasteiger partial charge in [0.2, 0.25) is 0 Å². The van der Waals surface area contributed by atoms with Gasteiger partial charge in [-0.3, -0.25) is 4.68 Å². The average Bonchev–Trinajstić information content (AvgIpc) is 2.74. The van der Waals surface area contributed by atoms with Crippen LogP contribution in [0, 0.1) is 17.5 Å². The molecule has 0 aliphatic heterocycles. The Hall–Kier alpha value is -1.82. The predicted octanol–water partition coefficient (Wildman–Crippen LogP) is 2.15. The number of benzene rings is 1. The first-order chi connectivity index (χ1) is 8.54. The molecule has 1 unspecified atom stereocenters. The maximum atomic E-state index is 13.2. The first-order valence-corrected chi connectivity index (χ1v) is 5.34. The van der Waals surface area contributed by atoms with Gasteiger partial charge in [0.25, 0.3) is 0 Å². The summed E-state index contributed by atoms with van der Waals surface area (Å²) in [7, 11) is 3.37. The van der Waals surface area contributed by atoms with Crippen LogP contribution < -0.4 is 5.32 Å². The van der Waals surface area contributed by atoms with E-state index in [-0.39, 0.29) is 0 Å². The molecule has 0 spiro atoms. The van der Waals surface area contributed by atoms with Crippen molar-refractivity contribution < 1.29 is 13.2 Å². The average molecular weight is 255 g/mol. The molecule has 0 saturated heterocycles. The van der Waals surface area contributed by atoms with Crippen molar-refractivity contribution in [2.24, 2.45) is 7.05 Å². The summed E-state index contributed by atoms with van der Waals surface area (Å²) >= 11 is 0. The third kappa shape index (κ3) is 2.11. The number of nitrogens with one attached hydrogen (secondary N) is 1. The maximum Gasteiger partial charge on any atom is 0.194 e. The van der Waals surface area contributed by atoms with Crippen LogP contribution in [0.2, 0.25) is 0 Å². The van der Waals surface area contributed by atoms with E-state index in [9.17, 15) is 13.2 Å². The number of hydrogen-bond donors (Lipinski definition) is 1. The molecule has 96 valence electrons. The molecule has 3 nitrogen and oxygen atoms in total. The van der Waals surface area contributed by atoms with E-state index in [1.165, 1.54) is 0 Å². The van der Waals surface area contributed by atoms with Crippen LogP contribution in [0.5, 0.6) is 0 Å². The standard InChI is InChI=1S/C12H12F3N3/c1-16-12(10-3-4-17-18(10)2)7-5-8(13)11(15)9(14)6-7/h3-6,12,16H,1-2H3. The van der Waals surface area contributed by atoms with Gasteiger partial charge in [-0.05, 0) is 30.8 Å². The molecule has 1 aromatic carbocycles. The van der Waals surface area contributed by atoms with Crippen LogP contribution in [0.4, 0.5) is 13.2 Å². The zero-order valence-corrected chi connectivity index (χ0v) is 9.92. The molecular weight excluding hydrogens is 243 g/mol. The van der Waals surface area contributed by atoms with Crippen molar-refractivity contribution in [3.63, 3.8) is 0 Å². The van der Waals surface area contributed by atoms with Gasteiger partial charge >= 0.3 is 0 Å². The highest BCUT2D eigenvalue weighted by Gasteiger charge is 2.19. The molecule has 2 aromatic rings. The Morgan fingerprint density at radius 1 is 1.22 bits per heavy atom. The summed E-state index contributed by atoms with van der Waals surface area (Å²) in [6.45, 7) is 0. The third-order valence-corrected chi connectivity index (χ3v) is 2.78. The summed E-state index contributed by atoms with van der Waals surface area (Å²) in [4.78, 5) is 0. The van der Waals surface area contributed by atoms with Gasteiger partial charge in [0, 0.05) is 13.2 Å². The van der Waals surface area contributed by atoms with Gasteiger partial charge in [-0.25, -0.2) is 13.2 Å². The molecule has 0 aliphatic carbocycles. The zero-order valence-electron chi connectivity index (χ0n) is 9.92. The molecule has 0 bridgehead atoms. The molecule has 1 aromatic heterocycles. The first kappa shape index (κ1) is 12.6. The number of hydrogen-bond acceptors (Lipinski definition) is 2. The lowest BCUT2D eigenvalue weighted by atomic mass is 10.0. The molecule has 0 amide bonds. The van der Waals surface area contributed by atoms with Gasteiger partial charge < -0.3 is 5.32 Å². The van der Waals surface area contributed by atoms with Crippen LogP contribution >= 0.6 is 0 Å². The third-order valence-electron chi connectivity index (χ3n) is 2.78. The van der Waals surface area contributed by atoms with E-state index < -0.39 is 23.5 Å². The molecule has 1 N–H and O–H groups in total. The van der Waals surface area contributed by atoms with Gasteiger partial charge in [-0.2, -0.15) is 5.10 Å². The second-order valence-electron chi connectivity index (χ2n) is 3.90. The Morgan fingerprint density at radius 3 is 2.28 bits per heavy atom. The summed E-state index contributed by atoms with van der Waals surface area (Å²) in [5.41, 5.74) is 1.03. The SMILES string of the molecule is CNC(c1cc(F)c(F)c(F)c1)c1ccnn1C. The minimum atomic E-state index is -1.46. The largest absolute Gasteiger partial charge is 0.308 e. The Bertz CT molecular complexity index is 542. The van der Waals surface area contributed by atoms with E-state index in [1.807, 2.05) is 0 Å². The molecule has 0 saturated carbocycles. The highest BCUT2D eigenvalue weighted by molar-refractivity contribution is 5.29. The Labute approximate surface area is 102 Å². The van der Waals surface area contributed by atoms with E-state index in [2.05, 4.69) is 10.4 Å². The van der Waals surface area contributed by atoms with Crippen molar-refractivity contribution in [3.8, 4) is 0 Å². The van der Waals surface area contributed by atoms with Crippen molar-refractivity contribution in [2.75, 3.05) is 7.05 Å². The first-order valence-electron chi connectivity index (χ1n) is 5.34. The van der Waals surface area contributed by atoms with Crippen LogP contribution in [-0.4, -0.2) is 16.8 Å². The fourth-order valence-electron chi connectivity index (χ4n) is 1.89. The van der Waals surface area contributed by atoms with E-state index in [4.69, 9.17) is 0 Å². The van der Waals surface area contributed by atoms with E-state index >= 15 is 0 Å². The Morgan fingerprint density at radius 2 is 1.83 bits per heavy atom. The minimum Gasteiger partial charge on any atom is -0.308 e. The Kier molecular flexibility index (Phi) is 3.38. The number of aromatic nitrogens is 2. The smallest absolute Gasteiger partial charge is 0.194 e. The van der Waals surface area contributed by atoms with Crippen molar-refractivity contribution >= 4 is 0 Å². The Balaban J connectivity index is 2.49. The molecule has 0 aliphatic rings. The summed E-state index contributed by atoms with van der Waals surface area (Å²) in [6, 6.07) is 3.22. The summed E-state index contributed by atoms with van der Waals surface area (Å²) < 4.78 is 40.9. The van der Waals surface area contributed by atoms with E-state index in [1.54, 1.807) is 31.0 Å². The van der Waals surface area contributed by atoms with Crippen LogP contribution in [0.3, 0.4) is 0 Å². The van der Waals surface area contributed by atoms with Crippen LogP contribution in [0.15, 0.2) is 24.4 Å². The number of nitrogens with zero attached hydrogens (tertiary/aromatic N) is 2. The van der Waals surface area contributed by atoms with Gasteiger partial charge in [0.1, 0.15) is 0 Å². The molecular formula is C12H12F3N3. The fourth-order valence-corrected chi connectivity index (χ4v) is 1.89. The maximum absolute atomic E-state index is 13.2. The highest BCUT2D eigenvalue weighted by atomic mass is 19.2. The topological polar surface area (TPSA) is 29.9 Å². The lowest BCUT2D eigenvalue weighted by Gasteiger charge is -2.17. The summed E-state index contributed by atoms with van der Waals surface area (Å²) in [5.74, 6) is -3.86. The van der Waals surface area contributed by atoms with Crippen molar-refractivity contribution in [3.05, 3.63) is 53.1 Å². The number of rotatable bonds is 3. The molecule has 0 radical (unpaired) electrons. The second-order valence-corrected chi connectivity index (χ2v) is 3.90. The molecule has 1 heterocycles. The normalized spacial score (nSPS) is 12.7. The molecule has 6 heteroatoms. The summed E-state index contributed by atoms with van der Waals surface area (Å²) in [6.07, 6.45) is 1.58. The minimum absolute atomic E-state index is 0.303. The van der Waals surface area contributed by atoms with Gasteiger partial charge in [-0.15, -0.1) is 0 Å². The lowest BCUT2D eigenvalue weighted by molar-refractivity contribution is 0.442. The zero-order chi connectivity index (χ0) is 13.3. The van der Waals surface area contributed by atoms with E-state index in [0.717, 1.165) is 17.8 Å². The van der Waals surface area contributed by atoms with Crippen molar-refractivity contribution in [1.82, 2.24) is 15.1 Å². The second kappa shape index (κ2) is 4.81. The number of aryl methyl sites for hydroxylation is 1. The van der Waals surface area contributed by atoms with Crippen LogP contribution in [0.1, 0.15) is 17.3 Å². The molecule has 1 atom stereocenters. The van der Waals surface area contributed by atoms with Crippen LogP contribution in [-0.2, 0) is 7.05 Å². The fraction of sp³-hybridized carbons (Fsp3) is 0.250. The summed E-state index contributed by atoms with van der Waals surface area (Å²) in [5, 5.41) is 6.91. The van der Waals surface area contributed by atoms with Gasteiger partial charge in [-0.1, -0.05) is 0 Å². The molecule has 2 rings (SSSR count). The van der Waals surface area contributed by atoms with Gasteiger partial charge in [0.05, 0.1) is 11.7 Å². The van der Waals surface area contributed by atoms with Crippen molar-refractivity contribution in [2.45, 2.75) is 6.04 Å². The molecule has 18 heavy (non-hydrogen) atoms. The monoisotopic (exact) mass is 255 g/mol.